The molecule has 0 spiro atoms. The van der Waals surface area contributed by atoms with Gasteiger partial charge in [0.25, 0.3) is 0 Å². The zero-order valence-corrected chi connectivity index (χ0v) is 11.8. The molecular weight excluding hydrogens is 226 g/mol. The Morgan fingerprint density at radius 1 is 1.39 bits per heavy atom. The summed E-state index contributed by atoms with van der Waals surface area (Å²) in [4.78, 5) is 14.4. The summed E-state index contributed by atoms with van der Waals surface area (Å²) in [5.41, 5.74) is 0.416. The Morgan fingerprint density at radius 2 is 2.06 bits per heavy atom. The second kappa shape index (κ2) is 6.02. The minimum absolute atomic E-state index is 0.0149. The lowest BCUT2D eigenvalue weighted by Crippen LogP contribution is -2.54. The molecule has 0 radical (unpaired) electrons. The number of nitrogens with zero attached hydrogens (tertiary/aromatic N) is 1. The Bertz CT molecular complexity index is 277. The molecule has 2 rings (SSSR count). The smallest absolute Gasteiger partial charge is 0.237 e. The van der Waals surface area contributed by atoms with Crippen LogP contribution < -0.4 is 10.6 Å². The van der Waals surface area contributed by atoms with E-state index < -0.39 is 0 Å². The molecule has 1 saturated carbocycles. The van der Waals surface area contributed by atoms with Gasteiger partial charge in [0.1, 0.15) is 0 Å². The standard InChI is InChI=1S/C14H27N3O/c1-3-14(5-4-6-14)11-16-13(18)12(2)17-9-7-15-8-10-17/h12,15H,3-11H2,1-2H3,(H,16,18). The van der Waals surface area contributed by atoms with Crippen LogP contribution in [0.5, 0.6) is 0 Å². The van der Waals surface area contributed by atoms with Gasteiger partial charge in [0.15, 0.2) is 0 Å². The highest BCUT2D eigenvalue weighted by Gasteiger charge is 2.35. The second-order valence-corrected chi connectivity index (χ2v) is 5.89. The molecule has 0 aromatic rings. The highest BCUT2D eigenvalue weighted by Crippen LogP contribution is 2.43. The molecule has 4 heteroatoms. The first-order chi connectivity index (χ1) is 8.67. The summed E-state index contributed by atoms with van der Waals surface area (Å²) < 4.78 is 0. The van der Waals surface area contributed by atoms with Gasteiger partial charge < -0.3 is 10.6 Å². The molecule has 1 aliphatic carbocycles. The molecule has 0 aromatic heterocycles. The van der Waals surface area contributed by atoms with E-state index in [-0.39, 0.29) is 11.9 Å². The van der Waals surface area contributed by atoms with Crippen molar-refractivity contribution < 1.29 is 4.79 Å². The highest BCUT2D eigenvalue weighted by molar-refractivity contribution is 5.81. The summed E-state index contributed by atoms with van der Waals surface area (Å²) in [5, 5.41) is 6.49. The van der Waals surface area contributed by atoms with Gasteiger partial charge in [-0.2, -0.15) is 0 Å². The van der Waals surface area contributed by atoms with Crippen molar-refractivity contribution in [2.24, 2.45) is 5.41 Å². The lowest BCUT2D eigenvalue weighted by molar-refractivity contribution is -0.127. The molecule has 2 fully saturated rings. The highest BCUT2D eigenvalue weighted by atomic mass is 16.2. The third kappa shape index (κ3) is 3.04. The van der Waals surface area contributed by atoms with Gasteiger partial charge in [-0.15, -0.1) is 0 Å². The van der Waals surface area contributed by atoms with Gasteiger partial charge in [0, 0.05) is 32.7 Å². The van der Waals surface area contributed by atoms with E-state index in [0.717, 1.165) is 32.7 Å². The maximum absolute atomic E-state index is 12.2. The van der Waals surface area contributed by atoms with Gasteiger partial charge in [-0.1, -0.05) is 13.3 Å². The lowest BCUT2D eigenvalue weighted by Gasteiger charge is -2.42. The summed E-state index contributed by atoms with van der Waals surface area (Å²) in [6, 6.07) is 0.0149. The monoisotopic (exact) mass is 253 g/mol. The Kier molecular flexibility index (Phi) is 4.62. The van der Waals surface area contributed by atoms with Gasteiger partial charge in [-0.05, 0) is 31.6 Å². The minimum atomic E-state index is 0.0149. The Labute approximate surface area is 110 Å². The number of rotatable bonds is 5. The van der Waals surface area contributed by atoms with Gasteiger partial charge in [0.2, 0.25) is 5.91 Å². The van der Waals surface area contributed by atoms with Gasteiger partial charge in [0.05, 0.1) is 6.04 Å². The van der Waals surface area contributed by atoms with E-state index >= 15 is 0 Å². The molecule has 18 heavy (non-hydrogen) atoms. The molecule has 1 saturated heterocycles. The molecule has 4 nitrogen and oxygen atoms in total. The number of hydrogen-bond acceptors (Lipinski definition) is 3. The van der Waals surface area contributed by atoms with E-state index in [1.807, 2.05) is 6.92 Å². The van der Waals surface area contributed by atoms with Crippen LogP contribution in [0, 0.1) is 5.41 Å². The Balaban J connectivity index is 1.76. The van der Waals surface area contributed by atoms with E-state index in [2.05, 4.69) is 22.5 Å². The van der Waals surface area contributed by atoms with Crippen molar-refractivity contribution >= 4 is 5.91 Å². The molecule has 104 valence electrons. The first-order valence-electron chi connectivity index (χ1n) is 7.39. The van der Waals surface area contributed by atoms with Crippen molar-refractivity contribution in [3.8, 4) is 0 Å². The Hall–Kier alpha value is -0.610. The van der Waals surface area contributed by atoms with Gasteiger partial charge in [-0.25, -0.2) is 0 Å². The maximum atomic E-state index is 12.2. The molecule has 1 unspecified atom stereocenters. The molecule has 1 atom stereocenters. The molecular formula is C14H27N3O. The number of carbonyl (C=O) groups is 1. The average Bonchev–Trinajstić information content (AvgIpc) is 2.38. The first kappa shape index (κ1) is 13.8. The fraction of sp³-hybridized carbons (Fsp3) is 0.929. The summed E-state index contributed by atoms with van der Waals surface area (Å²) in [5.74, 6) is 0.205. The van der Waals surface area contributed by atoms with E-state index in [1.165, 1.54) is 25.7 Å². The topological polar surface area (TPSA) is 44.4 Å². The van der Waals surface area contributed by atoms with Crippen molar-refractivity contribution in [3.05, 3.63) is 0 Å². The predicted molar refractivity (Wildman–Crippen MR) is 73.5 cm³/mol. The molecule has 1 amide bonds. The second-order valence-electron chi connectivity index (χ2n) is 5.89. The van der Waals surface area contributed by atoms with Crippen LogP contribution in [0.3, 0.4) is 0 Å². The number of piperazine rings is 1. The van der Waals surface area contributed by atoms with Crippen LogP contribution in [0.1, 0.15) is 39.5 Å². The quantitative estimate of drug-likeness (QED) is 0.767. The molecule has 2 aliphatic rings. The largest absolute Gasteiger partial charge is 0.354 e. The summed E-state index contributed by atoms with van der Waals surface area (Å²) >= 11 is 0. The van der Waals surface area contributed by atoms with E-state index in [9.17, 15) is 4.79 Å². The third-order valence-corrected chi connectivity index (χ3v) is 4.88. The van der Waals surface area contributed by atoms with Crippen molar-refractivity contribution in [1.82, 2.24) is 15.5 Å². The summed E-state index contributed by atoms with van der Waals surface area (Å²) in [6.07, 6.45) is 5.09. The van der Waals surface area contributed by atoms with Crippen molar-refractivity contribution in [1.29, 1.82) is 0 Å². The van der Waals surface area contributed by atoms with E-state index in [0.29, 0.717) is 5.41 Å². The van der Waals surface area contributed by atoms with Crippen LogP contribution in [-0.4, -0.2) is 49.6 Å². The van der Waals surface area contributed by atoms with Crippen LogP contribution in [0.25, 0.3) is 0 Å². The van der Waals surface area contributed by atoms with E-state index in [4.69, 9.17) is 0 Å². The Morgan fingerprint density at radius 3 is 2.56 bits per heavy atom. The SMILES string of the molecule is CCC1(CNC(=O)C(C)N2CCNCC2)CCC1. The molecule has 1 heterocycles. The summed E-state index contributed by atoms with van der Waals surface area (Å²) in [6.45, 7) is 9.10. The predicted octanol–water partition coefficient (Wildman–Crippen LogP) is 0.977. The number of nitrogens with one attached hydrogen (secondary N) is 2. The minimum Gasteiger partial charge on any atom is -0.354 e. The van der Waals surface area contributed by atoms with Crippen LogP contribution in [0.4, 0.5) is 0 Å². The van der Waals surface area contributed by atoms with Crippen LogP contribution >= 0.6 is 0 Å². The molecule has 2 N–H and O–H groups in total. The van der Waals surface area contributed by atoms with Crippen molar-refractivity contribution in [2.45, 2.75) is 45.6 Å². The third-order valence-electron chi connectivity index (χ3n) is 4.88. The summed E-state index contributed by atoms with van der Waals surface area (Å²) in [7, 11) is 0. The maximum Gasteiger partial charge on any atom is 0.237 e. The zero-order valence-electron chi connectivity index (χ0n) is 11.8. The average molecular weight is 253 g/mol. The molecule has 0 bridgehead atoms. The van der Waals surface area contributed by atoms with Crippen LogP contribution in [0.2, 0.25) is 0 Å². The number of amides is 1. The van der Waals surface area contributed by atoms with E-state index in [1.54, 1.807) is 0 Å². The van der Waals surface area contributed by atoms with Gasteiger partial charge >= 0.3 is 0 Å². The number of carbonyl (C=O) groups excluding carboxylic acids is 1. The fourth-order valence-electron chi connectivity index (χ4n) is 2.99. The zero-order chi connectivity index (χ0) is 13.0. The number of hydrogen-bond donors (Lipinski definition) is 2. The van der Waals surface area contributed by atoms with Crippen molar-refractivity contribution in [3.63, 3.8) is 0 Å². The fourth-order valence-corrected chi connectivity index (χ4v) is 2.99. The van der Waals surface area contributed by atoms with Crippen molar-refractivity contribution in [2.75, 3.05) is 32.7 Å². The first-order valence-corrected chi connectivity index (χ1v) is 7.39. The van der Waals surface area contributed by atoms with Crippen LogP contribution in [-0.2, 0) is 4.79 Å². The van der Waals surface area contributed by atoms with Gasteiger partial charge in [-0.3, -0.25) is 9.69 Å². The molecule has 1 aliphatic heterocycles. The molecule has 0 aromatic carbocycles. The lowest BCUT2D eigenvalue weighted by atomic mass is 9.67. The van der Waals surface area contributed by atoms with Crippen LogP contribution in [0.15, 0.2) is 0 Å². The normalized spacial score (nSPS) is 25.2.